The number of ether oxygens (including phenoxy) is 1. The van der Waals surface area contributed by atoms with Crippen molar-refractivity contribution in [1.29, 1.82) is 0 Å². The standard InChI is InChI=1S/C23H13Cl2N3O3/c24-17-11-18(25)13-20(12-17)30-19-7-5-15(6-8-19)22-26-23(31-28-22)16-3-1-14(2-4-16)21-9-10-29-27-21/h1-13H. The van der Waals surface area contributed by atoms with Crippen LogP contribution >= 0.6 is 23.2 Å². The van der Waals surface area contributed by atoms with Gasteiger partial charge in [0.1, 0.15) is 23.5 Å². The Morgan fingerprint density at radius 1 is 0.677 bits per heavy atom. The molecule has 2 heterocycles. The third kappa shape index (κ3) is 4.30. The van der Waals surface area contributed by atoms with E-state index in [4.69, 9.17) is 37.0 Å². The van der Waals surface area contributed by atoms with Crippen LogP contribution in [0.25, 0.3) is 34.1 Å². The maximum atomic E-state index is 6.01. The smallest absolute Gasteiger partial charge is 0.258 e. The first-order valence-electron chi connectivity index (χ1n) is 9.23. The first-order chi connectivity index (χ1) is 15.1. The predicted octanol–water partition coefficient (Wildman–Crippen LogP) is 7.16. The highest BCUT2D eigenvalue weighted by Gasteiger charge is 2.12. The fourth-order valence-corrected chi connectivity index (χ4v) is 3.50. The van der Waals surface area contributed by atoms with E-state index in [9.17, 15) is 0 Å². The summed E-state index contributed by atoms with van der Waals surface area (Å²) >= 11 is 12.0. The number of halogens is 2. The molecule has 5 rings (SSSR count). The highest BCUT2D eigenvalue weighted by molar-refractivity contribution is 6.34. The van der Waals surface area contributed by atoms with E-state index < -0.39 is 0 Å². The second-order valence-electron chi connectivity index (χ2n) is 6.62. The maximum Gasteiger partial charge on any atom is 0.258 e. The van der Waals surface area contributed by atoms with E-state index in [0.717, 1.165) is 22.4 Å². The molecule has 0 aliphatic heterocycles. The molecule has 0 atom stereocenters. The molecule has 0 spiro atoms. The number of aromatic nitrogens is 3. The van der Waals surface area contributed by atoms with Gasteiger partial charge in [0, 0.05) is 32.8 Å². The molecule has 152 valence electrons. The third-order valence-corrected chi connectivity index (χ3v) is 4.91. The molecule has 5 aromatic rings. The zero-order valence-electron chi connectivity index (χ0n) is 15.8. The molecule has 0 amide bonds. The molecule has 0 aliphatic rings. The van der Waals surface area contributed by atoms with Crippen LogP contribution in [-0.2, 0) is 0 Å². The molecule has 31 heavy (non-hydrogen) atoms. The van der Waals surface area contributed by atoms with Crippen molar-refractivity contribution >= 4 is 23.2 Å². The van der Waals surface area contributed by atoms with Gasteiger partial charge in [0.25, 0.3) is 5.89 Å². The molecule has 3 aromatic carbocycles. The van der Waals surface area contributed by atoms with Gasteiger partial charge in [-0.25, -0.2) is 0 Å². The summed E-state index contributed by atoms with van der Waals surface area (Å²) in [5.74, 6) is 2.10. The van der Waals surface area contributed by atoms with Gasteiger partial charge < -0.3 is 13.8 Å². The van der Waals surface area contributed by atoms with Crippen molar-refractivity contribution in [3.8, 4) is 45.6 Å². The van der Waals surface area contributed by atoms with E-state index in [1.807, 2.05) is 48.5 Å². The minimum atomic E-state index is 0.426. The van der Waals surface area contributed by atoms with Crippen molar-refractivity contribution in [2.24, 2.45) is 0 Å². The molecular weight excluding hydrogens is 437 g/mol. The third-order valence-electron chi connectivity index (χ3n) is 4.48. The molecule has 2 aromatic heterocycles. The largest absolute Gasteiger partial charge is 0.457 e. The van der Waals surface area contributed by atoms with Crippen molar-refractivity contribution in [3.63, 3.8) is 0 Å². The fraction of sp³-hybridized carbons (Fsp3) is 0. The molecule has 0 radical (unpaired) electrons. The van der Waals surface area contributed by atoms with Crippen LogP contribution in [0.5, 0.6) is 11.5 Å². The van der Waals surface area contributed by atoms with E-state index >= 15 is 0 Å². The van der Waals surface area contributed by atoms with Gasteiger partial charge in [-0.2, -0.15) is 4.98 Å². The Balaban J connectivity index is 1.32. The van der Waals surface area contributed by atoms with Crippen LogP contribution < -0.4 is 4.74 Å². The summed E-state index contributed by atoms with van der Waals surface area (Å²) in [4.78, 5) is 4.49. The summed E-state index contributed by atoms with van der Waals surface area (Å²) in [7, 11) is 0. The Morgan fingerprint density at radius 3 is 2.03 bits per heavy atom. The Kier molecular flexibility index (Phi) is 5.16. The first-order valence-corrected chi connectivity index (χ1v) is 9.99. The number of hydrogen-bond donors (Lipinski definition) is 0. The van der Waals surface area contributed by atoms with Gasteiger partial charge in [-0.1, -0.05) is 45.6 Å². The minimum absolute atomic E-state index is 0.426. The maximum absolute atomic E-state index is 6.01. The Hall–Kier alpha value is -3.61. The van der Waals surface area contributed by atoms with Crippen LogP contribution in [0, 0.1) is 0 Å². The quantitative estimate of drug-likeness (QED) is 0.283. The fourth-order valence-electron chi connectivity index (χ4n) is 3.00. The number of benzene rings is 3. The van der Waals surface area contributed by atoms with Crippen molar-refractivity contribution in [1.82, 2.24) is 15.3 Å². The van der Waals surface area contributed by atoms with Crippen molar-refractivity contribution < 1.29 is 13.8 Å². The van der Waals surface area contributed by atoms with E-state index in [0.29, 0.717) is 33.3 Å². The topological polar surface area (TPSA) is 74.2 Å². The summed E-state index contributed by atoms with van der Waals surface area (Å²) < 4.78 is 16.1. The Labute approximate surface area is 187 Å². The molecular formula is C23H13Cl2N3O3. The van der Waals surface area contributed by atoms with Crippen molar-refractivity contribution in [3.05, 3.63) is 89.1 Å². The zero-order chi connectivity index (χ0) is 21.2. The van der Waals surface area contributed by atoms with Crippen LogP contribution in [-0.4, -0.2) is 15.3 Å². The van der Waals surface area contributed by atoms with Crippen molar-refractivity contribution in [2.45, 2.75) is 0 Å². The SMILES string of the molecule is Clc1cc(Cl)cc(Oc2ccc(-c3noc(-c4ccc(-c5ccon5)cc4)n3)cc2)c1. The molecule has 0 fully saturated rings. The lowest BCUT2D eigenvalue weighted by molar-refractivity contribution is 0.422. The summed E-state index contributed by atoms with van der Waals surface area (Å²) in [6.07, 6.45) is 1.54. The highest BCUT2D eigenvalue weighted by Crippen LogP contribution is 2.30. The first kappa shape index (κ1) is 19.4. The zero-order valence-corrected chi connectivity index (χ0v) is 17.3. The minimum Gasteiger partial charge on any atom is -0.457 e. The number of hydrogen-bond acceptors (Lipinski definition) is 6. The second-order valence-corrected chi connectivity index (χ2v) is 7.49. The predicted molar refractivity (Wildman–Crippen MR) is 117 cm³/mol. The highest BCUT2D eigenvalue weighted by atomic mass is 35.5. The van der Waals surface area contributed by atoms with E-state index in [2.05, 4.69) is 15.3 Å². The van der Waals surface area contributed by atoms with Crippen LogP contribution in [0.4, 0.5) is 0 Å². The van der Waals surface area contributed by atoms with Crippen molar-refractivity contribution in [2.75, 3.05) is 0 Å². The Bertz CT molecular complexity index is 1300. The average Bonchev–Trinajstić information content (AvgIpc) is 3.46. The molecule has 0 saturated heterocycles. The number of rotatable bonds is 5. The normalized spacial score (nSPS) is 10.9. The summed E-state index contributed by atoms with van der Waals surface area (Å²) in [6.45, 7) is 0. The molecule has 6 nitrogen and oxygen atoms in total. The van der Waals surface area contributed by atoms with Gasteiger partial charge in [-0.05, 0) is 54.6 Å². The van der Waals surface area contributed by atoms with Gasteiger partial charge >= 0.3 is 0 Å². The molecule has 0 bridgehead atoms. The van der Waals surface area contributed by atoms with E-state index in [1.54, 1.807) is 24.3 Å². The van der Waals surface area contributed by atoms with Crippen LogP contribution in [0.1, 0.15) is 0 Å². The second kappa shape index (κ2) is 8.26. The van der Waals surface area contributed by atoms with Gasteiger partial charge in [0.2, 0.25) is 5.82 Å². The molecule has 8 heteroatoms. The average molecular weight is 450 g/mol. The van der Waals surface area contributed by atoms with Crippen LogP contribution in [0.2, 0.25) is 10.0 Å². The van der Waals surface area contributed by atoms with Crippen LogP contribution in [0.3, 0.4) is 0 Å². The molecule has 0 unspecified atom stereocenters. The van der Waals surface area contributed by atoms with Gasteiger partial charge in [0.05, 0.1) is 0 Å². The molecule has 0 saturated carbocycles. The number of nitrogens with zero attached hydrogens (tertiary/aromatic N) is 3. The van der Waals surface area contributed by atoms with E-state index in [-0.39, 0.29) is 0 Å². The lowest BCUT2D eigenvalue weighted by Crippen LogP contribution is -1.86. The van der Waals surface area contributed by atoms with E-state index in [1.165, 1.54) is 6.26 Å². The summed E-state index contributed by atoms with van der Waals surface area (Å²) in [5, 5.41) is 9.02. The lowest BCUT2D eigenvalue weighted by atomic mass is 10.1. The van der Waals surface area contributed by atoms with Gasteiger partial charge in [-0.3, -0.25) is 0 Å². The Morgan fingerprint density at radius 2 is 1.35 bits per heavy atom. The van der Waals surface area contributed by atoms with Gasteiger partial charge in [0.15, 0.2) is 0 Å². The lowest BCUT2D eigenvalue weighted by Gasteiger charge is -2.07. The summed E-state index contributed by atoms with van der Waals surface area (Å²) in [5.41, 5.74) is 3.31. The summed E-state index contributed by atoms with van der Waals surface area (Å²) in [6, 6.07) is 21.8. The van der Waals surface area contributed by atoms with Gasteiger partial charge in [-0.15, -0.1) is 0 Å². The van der Waals surface area contributed by atoms with Crippen LogP contribution in [0.15, 0.2) is 88.1 Å². The molecule has 0 aliphatic carbocycles. The molecule has 0 N–H and O–H groups in total. The monoisotopic (exact) mass is 449 g/mol.